The molecule has 0 radical (unpaired) electrons. The Hall–Kier alpha value is -3.71. The highest BCUT2D eigenvalue weighted by Crippen LogP contribution is 2.33. The number of carbonyl (C=O) groups is 1. The van der Waals surface area contributed by atoms with E-state index in [0.717, 1.165) is 0 Å². The van der Waals surface area contributed by atoms with Gasteiger partial charge in [0.05, 0.1) is 26.1 Å². The van der Waals surface area contributed by atoms with E-state index in [2.05, 4.69) is 31.0 Å². The lowest BCUT2D eigenvalue weighted by Gasteiger charge is -2.14. The molecule has 1 amide bonds. The van der Waals surface area contributed by atoms with E-state index < -0.39 is 26.5 Å². The molecule has 2 N–H and O–H groups in total. The van der Waals surface area contributed by atoms with E-state index in [-0.39, 0.29) is 32.6 Å². The third-order valence-corrected chi connectivity index (χ3v) is 8.06. The molecule has 39 heavy (non-hydrogen) atoms. The molecule has 0 bridgehead atoms. The quantitative estimate of drug-likeness (QED) is 0.151. The Bertz CT molecular complexity index is 1700. The first-order valence-electron chi connectivity index (χ1n) is 10.9. The second kappa shape index (κ2) is 11.6. The van der Waals surface area contributed by atoms with Crippen molar-refractivity contribution in [1.29, 1.82) is 0 Å². The van der Waals surface area contributed by atoms with Gasteiger partial charge in [0, 0.05) is 21.3 Å². The van der Waals surface area contributed by atoms with E-state index >= 15 is 0 Å². The number of hydrogen-bond donors (Lipinski definition) is 2. The van der Waals surface area contributed by atoms with Crippen molar-refractivity contribution in [3.05, 3.63) is 109 Å². The Morgan fingerprint density at radius 2 is 1.77 bits per heavy atom. The van der Waals surface area contributed by atoms with Gasteiger partial charge in [0.1, 0.15) is 11.5 Å². The molecular formula is C25H17BrCl2N4O6S. The van der Waals surface area contributed by atoms with E-state index in [4.69, 9.17) is 27.9 Å². The first-order chi connectivity index (χ1) is 18.5. The molecule has 1 aromatic heterocycles. The fourth-order valence-electron chi connectivity index (χ4n) is 3.40. The summed E-state index contributed by atoms with van der Waals surface area (Å²) in [5.74, 6) is -0.419. The minimum absolute atomic E-state index is 0.107. The van der Waals surface area contributed by atoms with Gasteiger partial charge in [-0.2, -0.15) is 0 Å². The van der Waals surface area contributed by atoms with Crippen molar-refractivity contribution in [3.63, 3.8) is 0 Å². The molecule has 0 aliphatic carbocycles. The molecule has 0 aliphatic heterocycles. The summed E-state index contributed by atoms with van der Waals surface area (Å²) < 4.78 is 34.7. The topological polar surface area (TPSA) is 141 Å². The zero-order chi connectivity index (χ0) is 28.3. The number of nitrogens with zero attached hydrogens (tertiary/aromatic N) is 2. The number of para-hydroxylation sites is 1. The molecular weight excluding hydrogens is 635 g/mol. The Morgan fingerprint density at radius 1 is 1.08 bits per heavy atom. The number of aromatic nitrogens is 1. The summed E-state index contributed by atoms with van der Waals surface area (Å²) in [6.07, 6.45) is 1.30. The number of nitro groups is 1. The molecule has 4 aromatic rings. The number of sulfonamides is 1. The van der Waals surface area contributed by atoms with Crippen LogP contribution in [0.2, 0.25) is 10.0 Å². The van der Waals surface area contributed by atoms with Crippen LogP contribution in [0.1, 0.15) is 15.9 Å². The number of rotatable bonds is 8. The first kappa shape index (κ1) is 28.3. The van der Waals surface area contributed by atoms with Gasteiger partial charge in [-0.05, 0) is 77.5 Å². The van der Waals surface area contributed by atoms with Gasteiger partial charge in [-0.1, -0.05) is 35.3 Å². The summed E-state index contributed by atoms with van der Waals surface area (Å²) in [6.45, 7) is 1.49. The molecule has 3 aromatic carbocycles. The summed E-state index contributed by atoms with van der Waals surface area (Å²) in [4.78, 5) is 27.8. The fraction of sp³-hybridized carbons (Fsp3) is 0.0400. The van der Waals surface area contributed by atoms with Crippen LogP contribution in [0.3, 0.4) is 0 Å². The highest BCUT2D eigenvalue weighted by molar-refractivity contribution is 9.10. The normalized spacial score (nSPS) is 11.1. The summed E-state index contributed by atoms with van der Waals surface area (Å²) in [5, 5.41) is 14.5. The largest absolute Gasteiger partial charge is 0.456 e. The molecule has 0 fully saturated rings. The van der Waals surface area contributed by atoms with Gasteiger partial charge in [0.25, 0.3) is 15.9 Å². The van der Waals surface area contributed by atoms with E-state index in [0.29, 0.717) is 21.0 Å². The number of anilines is 2. The molecule has 10 nitrogen and oxygen atoms in total. The highest BCUT2D eigenvalue weighted by Gasteiger charge is 2.25. The lowest BCUT2D eigenvalue weighted by atomic mass is 10.1. The zero-order valence-electron chi connectivity index (χ0n) is 19.8. The molecule has 1 heterocycles. The van der Waals surface area contributed by atoms with Crippen LogP contribution < -0.4 is 14.8 Å². The predicted octanol–water partition coefficient (Wildman–Crippen LogP) is 7.21. The number of amides is 1. The minimum Gasteiger partial charge on any atom is -0.456 e. The minimum atomic E-state index is -4.17. The van der Waals surface area contributed by atoms with Crippen molar-refractivity contribution >= 4 is 72.3 Å². The highest BCUT2D eigenvalue weighted by atomic mass is 79.9. The van der Waals surface area contributed by atoms with Crippen LogP contribution in [0, 0.1) is 17.0 Å². The SMILES string of the molecule is Cc1c(Br)cnc(NC(=O)c2cc(Cl)ccc2NS(=O)(=O)c2ccc(Oc3ccccc3Cl)cc2)c1[N+](=O)[O-]. The van der Waals surface area contributed by atoms with E-state index in [9.17, 15) is 23.3 Å². The Labute approximate surface area is 241 Å². The monoisotopic (exact) mass is 650 g/mol. The molecule has 0 saturated carbocycles. The average Bonchev–Trinajstić information content (AvgIpc) is 2.88. The van der Waals surface area contributed by atoms with Crippen molar-refractivity contribution in [2.45, 2.75) is 11.8 Å². The second-order valence-electron chi connectivity index (χ2n) is 7.94. The van der Waals surface area contributed by atoms with E-state index in [1.54, 1.807) is 24.3 Å². The number of pyridine rings is 1. The second-order valence-corrected chi connectivity index (χ2v) is 11.3. The number of carbonyl (C=O) groups excluding carboxylic acids is 1. The van der Waals surface area contributed by atoms with Crippen LogP contribution in [-0.4, -0.2) is 24.2 Å². The van der Waals surface area contributed by atoms with Crippen molar-refractivity contribution < 1.29 is 22.9 Å². The molecule has 4 rings (SSSR count). The van der Waals surface area contributed by atoms with E-state index in [1.165, 1.54) is 55.6 Å². The maximum atomic E-state index is 13.1. The Morgan fingerprint density at radius 3 is 2.44 bits per heavy atom. The number of ether oxygens (including phenoxy) is 1. The van der Waals surface area contributed by atoms with Gasteiger partial charge >= 0.3 is 5.69 Å². The summed E-state index contributed by atoms with van der Waals surface area (Å²) >= 11 is 15.3. The molecule has 0 aliphatic rings. The number of benzene rings is 3. The summed E-state index contributed by atoms with van der Waals surface area (Å²) in [6, 6.07) is 16.3. The fourth-order valence-corrected chi connectivity index (χ4v) is 5.11. The smallest absolute Gasteiger partial charge is 0.315 e. The summed E-state index contributed by atoms with van der Waals surface area (Å²) in [7, 11) is -4.17. The molecule has 200 valence electrons. The van der Waals surface area contributed by atoms with Gasteiger partial charge in [-0.25, -0.2) is 13.4 Å². The number of halogens is 3. The van der Waals surface area contributed by atoms with Crippen molar-refractivity contribution in [1.82, 2.24) is 4.98 Å². The third kappa shape index (κ3) is 6.48. The van der Waals surface area contributed by atoms with Crippen LogP contribution in [-0.2, 0) is 10.0 Å². The van der Waals surface area contributed by atoms with Gasteiger partial charge in [0.2, 0.25) is 5.82 Å². The maximum Gasteiger partial charge on any atom is 0.315 e. The standard InChI is InChI=1S/C25H17BrCl2N4O6S/c1-14-19(26)13-29-24(23(14)32(34)35)30-25(33)18-12-15(27)6-11-21(18)31-39(36,37)17-9-7-16(8-10-17)38-22-5-3-2-4-20(22)28/h2-13,31H,1H3,(H,29,30,33). The van der Waals surface area contributed by atoms with Crippen molar-refractivity contribution in [2.24, 2.45) is 0 Å². The van der Waals surface area contributed by atoms with Gasteiger partial charge in [-0.3, -0.25) is 19.6 Å². The molecule has 0 unspecified atom stereocenters. The first-order valence-corrected chi connectivity index (χ1v) is 13.9. The lowest BCUT2D eigenvalue weighted by Crippen LogP contribution is -2.19. The van der Waals surface area contributed by atoms with Crippen LogP contribution in [0.25, 0.3) is 0 Å². The van der Waals surface area contributed by atoms with Crippen LogP contribution in [0.4, 0.5) is 17.2 Å². The van der Waals surface area contributed by atoms with E-state index in [1.807, 2.05) is 0 Å². The zero-order valence-corrected chi connectivity index (χ0v) is 23.7. The van der Waals surface area contributed by atoms with Crippen molar-refractivity contribution in [3.8, 4) is 11.5 Å². The maximum absolute atomic E-state index is 13.1. The van der Waals surface area contributed by atoms with Crippen LogP contribution >= 0.6 is 39.1 Å². The van der Waals surface area contributed by atoms with Gasteiger partial charge < -0.3 is 10.1 Å². The van der Waals surface area contributed by atoms with Crippen LogP contribution in [0.5, 0.6) is 11.5 Å². The molecule has 0 saturated heterocycles. The lowest BCUT2D eigenvalue weighted by molar-refractivity contribution is -0.384. The molecule has 0 spiro atoms. The Balaban J connectivity index is 1.59. The van der Waals surface area contributed by atoms with Crippen molar-refractivity contribution in [2.75, 3.05) is 10.0 Å². The third-order valence-electron chi connectivity index (χ3n) is 5.33. The number of nitrogens with one attached hydrogen (secondary N) is 2. The Kier molecular flexibility index (Phi) is 8.40. The van der Waals surface area contributed by atoms with Crippen LogP contribution in [0.15, 0.2) is 82.3 Å². The molecule has 0 atom stereocenters. The predicted molar refractivity (Wildman–Crippen MR) is 152 cm³/mol. The average molecular weight is 652 g/mol. The number of hydrogen-bond acceptors (Lipinski definition) is 7. The summed E-state index contributed by atoms with van der Waals surface area (Å²) in [5.41, 5.74) is -0.452. The van der Waals surface area contributed by atoms with Gasteiger partial charge in [-0.15, -0.1) is 0 Å². The molecule has 14 heteroatoms. The van der Waals surface area contributed by atoms with Gasteiger partial charge in [0.15, 0.2) is 0 Å².